The highest BCUT2D eigenvalue weighted by Crippen LogP contribution is 2.30. The molecular formula is C12H8N2OS. The van der Waals surface area contributed by atoms with Gasteiger partial charge in [-0.05, 0) is 18.2 Å². The molecule has 0 atom stereocenters. The van der Waals surface area contributed by atoms with Gasteiger partial charge in [0.05, 0.1) is 10.9 Å². The lowest BCUT2D eigenvalue weighted by molar-refractivity contribution is 0.480. The van der Waals surface area contributed by atoms with Gasteiger partial charge in [0.1, 0.15) is 11.3 Å². The van der Waals surface area contributed by atoms with Crippen LogP contribution in [0.3, 0.4) is 0 Å². The summed E-state index contributed by atoms with van der Waals surface area (Å²) in [5.74, 6) is 0.800. The van der Waals surface area contributed by atoms with Crippen molar-refractivity contribution in [2.24, 2.45) is 0 Å². The maximum Gasteiger partial charge on any atom is 0.279 e. The number of rotatable bonds is 2. The minimum Gasteiger partial charge on any atom is -0.431 e. The van der Waals surface area contributed by atoms with Gasteiger partial charge in [0, 0.05) is 6.20 Å². The van der Waals surface area contributed by atoms with E-state index in [0.717, 1.165) is 16.0 Å². The predicted octanol–water partition coefficient (Wildman–Crippen LogP) is 3.48. The third-order valence-corrected chi connectivity index (χ3v) is 3.03. The lowest BCUT2D eigenvalue weighted by atomic mass is 10.3. The van der Waals surface area contributed by atoms with Crippen LogP contribution in [-0.4, -0.2) is 9.97 Å². The molecule has 0 unspecified atom stereocenters. The Morgan fingerprint density at radius 1 is 1.06 bits per heavy atom. The van der Waals surface area contributed by atoms with Gasteiger partial charge < -0.3 is 4.74 Å². The van der Waals surface area contributed by atoms with Gasteiger partial charge in [-0.3, -0.25) is 4.98 Å². The number of pyridine rings is 1. The highest BCUT2D eigenvalue weighted by Gasteiger charge is 2.04. The van der Waals surface area contributed by atoms with Crippen LogP contribution >= 0.6 is 11.3 Å². The van der Waals surface area contributed by atoms with Crippen molar-refractivity contribution in [2.75, 3.05) is 0 Å². The molecule has 0 radical (unpaired) electrons. The van der Waals surface area contributed by atoms with Crippen LogP contribution in [0.5, 0.6) is 10.9 Å². The summed E-state index contributed by atoms with van der Waals surface area (Å²) < 4.78 is 6.73. The van der Waals surface area contributed by atoms with Crippen molar-refractivity contribution in [3.63, 3.8) is 0 Å². The summed E-state index contributed by atoms with van der Waals surface area (Å²) >= 11 is 1.52. The van der Waals surface area contributed by atoms with E-state index < -0.39 is 0 Å². The zero-order valence-corrected chi connectivity index (χ0v) is 9.15. The molecule has 0 fully saturated rings. The van der Waals surface area contributed by atoms with E-state index in [0.29, 0.717) is 5.19 Å². The second-order valence-corrected chi connectivity index (χ2v) is 4.23. The number of aromatic nitrogens is 2. The van der Waals surface area contributed by atoms with Crippen molar-refractivity contribution in [3.05, 3.63) is 48.8 Å². The second-order valence-electron chi connectivity index (χ2n) is 3.24. The van der Waals surface area contributed by atoms with Crippen LogP contribution in [0.25, 0.3) is 10.2 Å². The van der Waals surface area contributed by atoms with Crippen molar-refractivity contribution in [2.45, 2.75) is 0 Å². The molecule has 0 amide bonds. The van der Waals surface area contributed by atoms with Crippen molar-refractivity contribution >= 4 is 21.6 Å². The van der Waals surface area contributed by atoms with Crippen LogP contribution in [0.1, 0.15) is 0 Å². The van der Waals surface area contributed by atoms with Gasteiger partial charge in [-0.1, -0.05) is 29.5 Å². The van der Waals surface area contributed by atoms with Crippen LogP contribution in [0.2, 0.25) is 0 Å². The highest BCUT2D eigenvalue weighted by molar-refractivity contribution is 7.20. The normalized spacial score (nSPS) is 10.5. The number of para-hydroxylation sites is 1. The molecule has 0 aliphatic carbocycles. The summed E-state index contributed by atoms with van der Waals surface area (Å²) in [6.07, 6.45) is 3.50. The van der Waals surface area contributed by atoms with E-state index in [4.69, 9.17) is 4.74 Å². The van der Waals surface area contributed by atoms with Crippen molar-refractivity contribution in [3.8, 4) is 10.9 Å². The Hall–Kier alpha value is -1.94. The molecule has 0 N–H and O–H groups in total. The Kier molecular flexibility index (Phi) is 2.27. The fourth-order valence-electron chi connectivity index (χ4n) is 1.39. The SMILES string of the molecule is c1ccc(Oc2nc3cnccc3s2)cc1. The van der Waals surface area contributed by atoms with E-state index >= 15 is 0 Å². The van der Waals surface area contributed by atoms with Crippen molar-refractivity contribution in [1.29, 1.82) is 0 Å². The summed E-state index contributed by atoms with van der Waals surface area (Å²) in [5.41, 5.74) is 0.874. The maximum absolute atomic E-state index is 5.64. The number of thiazole rings is 1. The number of nitrogens with zero attached hydrogens (tertiary/aromatic N) is 2. The Morgan fingerprint density at radius 3 is 2.75 bits per heavy atom. The molecule has 0 bridgehead atoms. The first-order valence-electron chi connectivity index (χ1n) is 4.85. The Labute approximate surface area is 96.4 Å². The summed E-state index contributed by atoms with van der Waals surface area (Å²) in [7, 11) is 0. The standard InChI is InChI=1S/C12H8N2OS/c1-2-4-9(5-3-1)15-12-14-10-8-13-7-6-11(10)16-12/h1-8H. The van der Waals surface area contributed by atoms with Gasteiger partial charge in [0.2, 0.25) is 0 Å². The number of ether oxygens (including phenoxy) is 1. The smallest absolute Gasteiger partial charge is 0.279 e. The summed E-state index contributed by atoms with van der Waals surface area (Å²) in [6.45, 7) is 0. The predicted molar refractivity (Wildman–Crippen MR) is 63.9 cm³/mol. The van der Waals surface area contributed by atoms with Gasteiger partial charge >= 0.3 is 0 Å². The van der Waals surface area contributed by atoms with Gasteiger partial charge in [0.25, 0.3) is 5.19 Å². The maximum atomic E-state index is 5.64. The van der Waals surface area contributed by atoms with Gasteiger partial charge in [-0.2, -0.15) is 0 Å². The summed E-state index contributed by atoms with van der Waals surface area (Å²) in [4.78, 5) is 8.36. The lowest BCUT2D eigenvalue weighted by Crippen LogP contribution is -1.81. The molecule has 4 heteroatoms. The zero-order valence-electron chi connectivity index (χ0n) is 8.33. The molecule has 3 rings (SSSR count). The third-order valence-electron chi connectivity index (χ3n) is 2.12. The Bertz CT molecular complexity index is 573. The summed E-state index contributed by atoms with van der Waals surface area (Å²) in [5, 5.41) is 0.647. The molecule has 0 saturated carbocycles. The molecule has 16 heavy (non-hydrogen) atoms. The van der Waals surface area contributed by atoms with Crippen LogP contribution in [0, 0.1) is 0 Å². The average Bonchev–Trinajstić information content (AvgIpc) is 2.72. The largest absolute Gasteiger partial charge is 0.431 e. The van der Waals surface area contributed by atoms with Gasteiger partial charge in [-0.15, -0.1) is 0 Å². The molecule has 0 saturated heterocycles. The van der Waals surface area contributed by atoms with E-state index in [1.54, 1.807) is 12.4 Å². The van der Waals surface area contributed by atoms with Gasteiger partial charge in [-0.25, -0.2) is 4.98 Å². The molecule has 0 aliphatic heterocycles. The van der Waals surface area contributed by atoms with Crippen LogP contribution in [0.4, 0.5) is 0 Å². The van der Waals surface area contributed by atoms with Crippen molar-refractivity contribution in [1.82, 2.24) is 9.97 Å². The van der Waals surface area contributed by atoms with E-state index in [2.05, 4.69) is 9.97 Å². The molecule has 3 nitrogen and oxygen atoms in total. The van der Waals surface area contributed by atoms with Crippen LogP contribution in [-0.2, 0) is 0 Å². The highest BCUT2D eigenvalue weighted by atomic mass is 32.1. The molecule has 2 aromatic heterocycles. The number of fused-ring (bicyclic) bond motifs is 1. The third kappa shape index (κ3) is 1.75. The Balaban J connectivity index is 1.95. The fraction of sp³-hybridized carbons (Fsp3) is 0. The fourth-order valence-corrected chi connectivity index (χ4v) is 2.19. The number of hydrogen-bond donors (Lipinski definition) is 0. The molecule has 78 valence electrons. The quantitative estimate of drug-likeness (QED) is 0.673. The Morgan fingerprint density at radius 2 is 1.94 bits per heavy atom. The molecule has 3 aromatic rings. The molecule has 1 aromatic carbocycles. The zero-order chi connectivity index (χ0) is 10.8. The first-order chi connectivity index (χ1) is 7.92. The van der Waals surface area contributed by atoms with E-state index in [1.807, 2.05) is 36.4 Å². The second kappa shape index (κ2) is 3.90. The van der Waals surface area contributed by atoms with Crippen LogP contribution in [0.15, 0.2) is 48.8 Å². The molecule has 0 spiro atoms. The number of hydrogen-bond acceptors (Lipinski definition) is 4. The first kappa shape index (κ1) is 9.30. The molecular weight excluding hydrogens is 220 g/mol. The number of benzene rings is 1. The molecule has 0 aliphatic rings. The van der Waals surface area contributed by atoms with Crippen molar-refractivity contribution < 1.29 is 4.74 Å². The topological polar surface area (TPSA) is 35.0 Å². The minimum absolute atomic E-state index is 0.647. The lowest BCUT2D eigenvalue weighted by Gasteiger charge is -1.98. The monoisotopic (exact) mass is 228 g/mol. The van der Waals surface area contributed by atoms with Gasteiger partial charge in [0.15, 0.2) is 0 Å². The minimum atomic E-state index is 0.647. The first-order valence-corrected chi connectivity index (χ1v) is 5.67. The van der Waals surface area contributed by atoms with E-state index in [-0.39, 0.29) is 0 Å². The summed E-state index contributed by atoms with van der Waals surface area (Å²) in [6, 6.07) is 11.6. The molecule has 2 heterocycles. The van der Waals surface area contributed by atoms with Crippen LogP contribution < -0.4 is 4.74 Å². The van der Waals surface area contributed by atoms with E-state index in [9.17, 15) is 0 Å². The average molecular weight is 228 g/mol. The van der Waals surface area contributed by atoms with E-state index in [1.165, 1.54) is 11.3 Å².